The van der Waals surface area contributed by atoms with E-state index in [2.05, 4.69) is 15.6 Å². The van der Waals surface area contributed by atoms with Crippen LogP contribution in [0.4, 0.5) is 0 Å². The number of aliphatic hydroxyl groups excluding tert-OH is 1. The standard InChI is InChI=1S/C9H15N3O2S/c1-5-2-10-8(11-5)9(14)12-6-3-15-4-7(6)13/h5-7,13H,2-4H2,1H3,(H,10,11)(H,12,14). The second-order valence-electron chi connectivity index (χ2n) is 3.92. The summed E-state index contributed by atoms with van der Waals surface area (Å²) >= 11 is 1.65. The number of carbonyl (C=O) groups is 1. The molecule has 0 aromatic rings. The van der Waals surface area contributed by atoms with Crippen LogP contribution < -0.4 is 10.6 Å². The molecule has 0 saturated carbocycles. The van der Waals surface area contributed by atoms with E-state index in [1.54, 1.807) is 11.8 Å². The van der Waals surface area contributed by atoms with Gasteiger partial charge in [-0.1, -0.05) is 0 Å². The topological polar surface area (TPSA) is 73.7 Å². The molecule has 84 valence electrons. The molecule has 6 heteroatoms. The number of amidine groups is 1. The molecule has 2 rings (SSSR count). The Balaban J connectivity index is 1.87. The van der Waals surface area contributed by atoms with Gasteiger partial charge in [-0.05, 0) is 6.92 Å². The summed E-state index contributed by atoms with van der Waals surface area (Å²) in [4.78, 5) is 15.8. The van der Waals surface area contributed by atoms with Crippen LogP contribution in [0.25, 0.3) is 0 Å². The van der Waals surface area contributed by atoms with E-state index >= 15 is 0 Å². The Labute approximate surface area is 92.7 Å². The quantitative estimate of drug-likeness (QED) is 0.566. The normalized spacial score (nSPS) is 34.8. The molecule has 5 nitrogen and oxygen atoms in total. The third kappa shape index (κ3) is 2.43. The third-order valence-corrected chi connectivity index (χ3v) is 3.66. The summed E-state index contributed by atoms with van der Waals surface area (Å²) in [6.07, 6.45) is -0.432. The van der Waals surface area contributed by atoms with E-state index in [-0.39, 0.29) is 18.0 Å². The number of rotatable bonds is 2. The maximum absolute atomic E-state index is 11.7. The molecule has 3 atom stereocenters. The Morgan fingerprint density at radius 3 is 3.00 bits per heavy atom. The van der Waals surface area contributed by atoms with Crippen molar-refractivity contribution in [1.29, 1.82) is 0 Å². The Bertz CT molecular complexity index is 295. The Hall–Kier alpha value is -0.750. The van der Waals surface area contributed by atoms with Crippen molar-refractivity contribution >= 4 is 23.5 Å². The van der Waals surface area contributed by atoms with Crippen LogP contribution in [0.1, 0.15) is 6.92 Å². The lowest BCUT2D eigenvalue weighted by Gasteiger charge is -2.15. The summed E-state index contributed by atoms with van der Waals surface area (Å²) < 4.78 is 0. The molecule has 2 aliphatic heterocycles. The van der Waals surface area contributed by atoms with Crippen LogP contribution in [0.5, 0.6) is 0 Å². The van der Waals surface area contributed by atoms with Gasteiger partial charge < -0.3 is 15.7 Å². The maximum atomic E-state index is 11.7. The lowest BCUT2D eigenvalue weighted by Crippen LogP contribution is -2.48. The number of nitrogens with zero attached hydrogens (tertiary/aromatic N) is 1. The van der Waals surface area contributed by atoms with Gasteiger partial charge in [0.15, 0.2) is 5.84 Å². The van der Waals surface area contributed by atoms with Gasteiger partial charge in [-0.15, -0.1) is 0 Å². The minimum atomic E-state index is -0.432. The summed E-state index contributed by atoms with van der Waals surface area (Å²) in [5.41, 5.74) is 0. The number of nitrogens with one attached hydrogen (secondary N) is 2. The van der Waals surface area contributed by atoms with Crippen molar-refractivity contribution in [2.45, 2.75) is 25.1 Å². The number of thioether (sulfide) groups is 1. The van der Waals surface area contributed by atoms with Gasteiger partial charge in [0.25, 0.3) is 5.91 Å². The van der Waals surface area contributed by atoms with Crippen molar-refractivity contribution in [3.63, 3.8) is 0 Å². The lowest BCUT2D eigenvalue weighted by atomic mass is 10.2. The van der Waals surface area contributed by atoms with Crippen LogP contribution >= 0.6 is 11.8 Å². The maximum Gasteiger partial charge on any atom is 0.286 e. The molecule has 0 spiro atoms. The molecule has 1 fully saturated rings. The molecule has 3 unspecified atom stereocenters. The van der Waals surface area contributed by atoms with Crippen LogP contribution in [0.15, 0.2) is 4.99 Å². The van der Waals surface area contributed by atoms with Gasteiger partial charge in [0.1, 0.15) is 0 Å². The molecule has 0 aromatic heterocycles. The van der Waals surface area contributed by atoms with E-state index < -0.39 is 6.10 Å². The van der Waals surface area contributed by atoms with Crippen LogP contribution in [-0.4, -0.2) is 53.1 Å². The molecule has 1 amide bonds. The molecule has 1 saturated heterocycles. The average molecular weight is 229 g/mol. The summed E-state index contributed by atoms with van der Waals surface area (Å²) in [6.45, 7) is 2.62. The monoisotopic (exact) mass is 229 g/mol. The SMILES string of the molecule is CC1CN=C(C(=O)NC2CSCC2O)N1. The zero-order valence-corrected chi connectivity index (χ0v) is 9.38. The van der Waals surface area contributed by atoms with Crippen molar-refractivity contribution in [3.05, 3.63) is 0 Å². The fourth-order valence-electron chi connectivity index (χ4n) is 1.61. The zero-order chi connectivity index (χ0) is 10.8. The van der Waals surface area contributed by atoms with Crippen LogP contribution in [0.3, 0.4) is 0 Å². The smallest absolute Gasteiger partial charge is 0.286 e. The fraction of sp³-hybridized carbons (Fsp3) is 0.778. The highest BCUT2D eigenvalue weighted by Crippen LogP contribution is 2.17. The van der Waals surface area contributed by atoms with E-state index in [9.17, 15) is 9.90 Å². The molecule has 2 aliphatic rings. The molecule has 0 radical (unpaired) electrons. The first-order valence-corrected chi connectivity index (χ1v) is 6.20. The molecule has 0 bridgehead atoms. The van der Waals surface area contributed by atoms with Crippen molar-refractivity contribution in [3.8, 4) is 0 Å². The highest BCUT2D eigenvalue weighted by molar-refractivity contribution is 7.99. The van der Waals surface area contributed by atoms with Crippen LogP contribution in [0.2, 0.25) is 0 Å². The van der Waals surface area contributed by atoms with Gasteiger partial charge in [-0.25, -0.2) is 0 Å². The number of hydrogen-bond donors (Lipinski definition) is 3. The van der Waals surface area contributed by atoms with Crippen LogP contribution in [-0.2, 0) is 4.79 Å². The van der Waals surface area contributed by atoms with Crippen LogP contribution in [0, 0.1) is 0 Å². The molecule has 0 aliphatic carbocycles. The van der Waals surface area contributed by atoms with E-state index in [0.29, 0.717) is 18.1 Å². The predicted molar refractivity (Wildman–Crippen MR) is 60.2 cm³/mol. The van der Waals surface area contributed by atoms with Gasteiger partial charge in [0.05, 0.1) is 18.7 Å². The first-order valence-electron chi connectivity index (χ1n) is 5.04. The van der Waals surface area contributed by atoms with E-state index in [4.69, 9.17) is 0 Å². The van der Waals surface area contributed by atoms with Gasteiger partial charge >= 0.3 is 0 Å². The molecular formula is C9H15N3O2S. The van der Waals surface area contributed by atoms with Gasteiger partial charge in [0, 0.05) is 17.5 Å². The number of hydrogen-bond acceptors (Lipinski definition) is 5. The molecular weight excluding hydrogens is 214 g/mol. The predicted octanol–water partition coefficient (Wildman–Crippen LogP) is -1.03. The lowest BCUT2D eigenvalue weighted by molar-refractivity contribution is -0.116. The highest BCUT2D eigenvalue weighted by atomic mass is 32.2. The summed E-state index contributed by atoms with van der Waals surface area (Å²) in [7, 11) is 0. The minimum absolute atomic E-state index is 0.136. The molecule has 3 N–H and O–H groups in total. The molecule has 15 heavy (non-hydrogen) atoms. The number of amides is 1. The number of aliphatic imine (C=N–C) groups is 1. The Kier molecular flexibility index (Phi) is 3.16. The second kappa shape index (κ2) is 4.40. The van der Waals surface area contributed by atoms with E-state index in [0.717, 1.165) is 5.75 Å². The first kappa shape index (κ1) is 10.8. The number of aliphatic hydroxyl groups is 1. The van der Waals surface area contributed by atoms with Gasteiger partial charge in [-0.2, -0.15) is 11.8 Å². The highest BCUT2D eigenvalue weighted by Gasteiger charge is 2.29. The van der Waals surface area contributed by atoms with Crippen molar-refractivity contribution in [1.82, 2.24) is 10.6 Å². The third-order valence-electron chi connectivity index (χ3n) is 2.49. The second-order valence-corrected chi connectivity index (χ2v) is 4.99. The van der Waals surface area contributed by atoms with E-state index in [1.165, 1.54) is 0 Å². The Morgan fingerprint density at radius 1 is 1.67 bits per heavy atom. The van der Waals surface area contributed by atoms with Crippen molar-refractivity contribution in [2.75, 3.05) is 18.1 Å². The average Bonchev–Trinajstić information content (AvgIpc) is 2.77. The fourth-order valence-corrected chi connectivity index (χ4v) is 2.78. The largest absolute Gasteiger partial charge is 0.390 e. The zero-order valence-electron chi connectivity index (χ0n) is 8.56. The molecule has 0 aromatic carbocycles. The van der Waals surface area contributed by atoms with E-state index in [1.807, 2.05) is 6.92 Å². The van der Waals surface area contributed by atoms with Crippen molar-refractivity contribution in [2.24, 2.45) is 4.99 Å². The first-order chi connectivity index (χ1) is 7.16. The summed E-state index contributed by atoms with van der Waals surface area (Å²) in [5, 5.41) is 15.3. The van der Waals surface area contributed by atoms with Gasteiger partial charge in [0.2, 0.25) is 0 Å². The van der Waals surface area contributed by atoms with Crippen molar-refractivity contribution < 1.29 is 9.90 Å². The summed E-state index contributed by atoms with van der Waals surface area (Å²) in [5.74, 6) is 1.66. The van der Waals surface area contributed by atoms with Gasteiger partial charge in [-0.3, -0.25) is 9.79 Å². The summed E-state index contributed by atoms with van der Waals surface area (Å²) in [6, 6.07) is 0.0940. The molecule has 2 heterocycles. The Morgan fingerprint density at radius 2 is 2.47 bits per heavy atom. The number of carbonyl (C=O) groups excluding carboxylic acids is 1. The minimum Gasteiger partial charge on any atom is -0.390 e.